The van der Waals surface area contributed by atoms with Crippen LogP contribution in [0.15, 0.2) is 21.0 Å². The van der Waals surface area contributed by atoms with Gasteiger partial charge in [0.1, 0.15) is 0 Å². The van der Waals surface area contributed by atoms with Crippen molar-refractivity contribution >= 4 is 0 Å². The van der Waals surface area contributed by atoms with E-state index in [-0.39, 0.29) is 24.8 Å². The van der Waals surface area contributed by atoms with Gasteiger partial charge < -0.3 is 24.8 Å². The second kappa shape index (κ2) is 6.40. The Morgan fingerprint density at radius 3 is 2.00 bits per heavy atom. The van der Waals surface area contributed by atoms with Crippen LogP contribution >= 0.6 is 0 Å². The Labute approximate surface area is 133 Å². The third-order valence-corrected chi connectivity index (χ3v) is 5.50. The van der Waals surface area contributed by atoms with Gasteiger partial charge in [0, 0.05) is 0 Å². The van der Waals surface area contributed by atoms with Crippen LogP contribution in [0.4, 0.5) is 0 Å². The third kappa shape index (κ3) is 3.10. The summed E-state index contributed by atoms with van der Waals surface area (Å²) in [6.07, 6.45) is 11.7. The molecule has 0 aromatic carbocycles. The maximum atomic E-state index is 2.43. The van der Waals surface area contributed by atoms with Crippen LogP contribution in [0.3, 0.4) is 0 Å². The van der Waals surface area contributed by atoms with E-state index >= 15 is 0 Å². The van der Waals surface area contributed by atoms with Crippen molar-refractivity contribution in [1.82, 2.24) is 0 Å². The number of rotatable bonds is 1. The van der Waals surface area contributed by atoms with Gasteiger partial charge in [-0.3, -0.25) is 0 Å². The normalized spacial score (nSPS) is 22.4. The molecule has 0 atom stereocenters. The van der Waals surface area contributed by atoms with Crippen molar-refractivity contribution < 1.29 is 49.5 Å². The molecular formula is C14H21Cl2Zr. The molecule has 2 aliphatic carbocycles. The van der Waals surface area contributed by atoms with Crippen molar-refractivity contribution in [3.05, 3.63) is 21.0 Å². The first-order valence-corrected chi connectivity index (χ1v) is 7.32. The van der Waals surface area contributed by atoms with Crippen LogP contribution in [0.25, 0.3) is 0 Å². The Hall–Kier alpha value is 0.943. The van der Waals surface area contributed by atoms with E-state index < -0.39 is 0 Å². The molecule has 0 aliphatic heterocycles. The van der Waals surface area contributed by atoms with Crippen LogP contribution in [-0.2, 0) is 24.7 Å². The molecule has 0 radical (unpaired) electrons. The summed E-state index contributed by atoms with van der Waals surface area (Å²) in [7, 11) is 0. The van der Waals surface area contributed by atoms with Crippen LogP contribution in [0, 0.1) is 10.8 Å². The summed E-state index contributed by atoms with van der Waals surface area (Å²) in [5.74, 6) is 0. The van der Waals surface area contributed by atoms with Gasteiger partial charge in [-0.1, -0.05) is 0 Å². The van der Waals surface area contributed by atoms with Crippen LogP contribution in [0.1, 0.15) is 52.9 Å². The zero-order valence-electron chi connectivity index (χ0n) is 10.9. The smallest absolute Gasteiger partial charge is 1.00 e. The molecule has 0 unspecified atom stereocenters. The van der Waals surface area contributed by atoms with Crippen LogP contribution < -0.4 is 24.8 Å². The van der Waals surface area contributed by atoms with Crippen molar-refractivity contribution in [3.63, 3.8) is 0 Å². The molecule has 0 N–H and O–H groups in total. The number of halogens is 2. The number of hydrogen-bond donors (Lipinski definition) is 0. The molecule has 1 saturated carbocycles. The molecule has 1 fully saturated rings. The molecule has 0 nitrogen and oxygen atoms in total. The van der Waals surface area contributed by atoms with Crippen molar-refractivity contribution in [2.75, 3.05) is 0 Å². The van der Waals surface area contributed by atoms with Gasteiger partial charge in [-0.25, -0.2) is 0 Å². The Bertz CT molecular complexity index is 318. The topological polar surface area (TPSA) is 0 Å². The van der Waals surface area contributed by atoms with Gasteiger partial charge in [-0.15, -0.1) is 0 Å². The Morgan fingerprint density at radius 2 is 1.65 bits per heavy atom. The molecule has 0 bridgehead atoms. The van der Waals surface area contributed by atoms with E-state index in [1.807, 2.05) is 0 Å². The summed E-state index contributed by atoms with van der Waals surface area (Å²) in [5, 5.41) is 0. The van der Waals surface area contributed by atoms with Crippen molar-refractivity contribution in [3.8, 4) is 0 Å². The molecule has 0 amide bonds. The monoisotopic (exact) mass is 349 g/mol. The minimum absolute atomic E-state index is 0. The molecule has 0 heterocycles. The molecule has 2 aliphatic rings. The summed E-state index contributed by atoms with van der Waals surface area (Å²) in [6, 6.07) is 0. The molecule has 17 heavy (non-hydrogen) atoms. The van der Waals surface area contributed by atoms with E-state index in [1.165, 1.54) is 32.1 Å². The number of allylic oxidation sites excluding steroid dienone is 4. The molecular weight excluding hydrogens is 330 g/mol. The van der Waals surface area contributed by atoms with Crippen LogP contribution in [-0.4, -0.2) is 0 Å². The van der Waals surface area contributed by atoms with Gasteiger partial charge in [0.15, 0.2) is 0 Å². The van der Waals surface area contributed by atoms with Crippen molar-refractivity contribution in [2.24, 2.45) is 10.8 Å². The maximum absolute atomic E-state index is 2.43. The van der Waals surface area contributed by atoms with E-state index in [0.717, 1.165) is 0 Å². The first-order chi connectivity index (χ1) is 6.97. The second-order valence-electron chi connectivity index (χ2n) is 6.04. The van der Waals surface area contributed by atoms with E-state index in [2.05, 4.69) is 32.9 Å². The Balaban J connectivity index is 0.00000128. The van der Waals surface area contributed by atoms with Gasteiger partial charge in [-0.05, 0) is 0 Å². The predicted octanol–water partition coefficient (Wildman–Crippen LogP) is -1.64. The first-order valence-electron chi connectivity index (χ1n) is 6.09. The average Bonchev–Trinajstić information content (AvgIpc) is 2.70. The second-order valence-corrected chi connectivity index (χ2v) is 7.52. The van der Waals surface area contributed by atoms with Gasteiger partial charge in [-0.2, -0.15) is 0 Å². The zero-order chi connectivity index (χ0) is 11.1. The molecule has 95 valence electrons. The van der Waals surface area contributed by atoms with Gasteiger partial charge in [0.05, 0.1) is 0 Å². The fourth-order valence-corrected chi connectivity index (χ4v) is 4.44. The largest absolute Gasteiger partial charge is 1.00 e. The Kier molecular flexibility index (Phi) is 6.75. The minimum Gasteiger partial charge on any atom is -1.00 e. The predicted molar refractivity (Wildman–Crippen MR) is 61.1 cm³/mol. The van der Waals surface area contributed by atoms with Crippen LogP contribution in [0.5, 0.6) is 0 Å². The number of hydrogen-bond acceptors (Lipinski definition) is 0. The molecule has 0 aromatic heterocycles. The zero-order valence-corrected chi connectivity index (χ0v) is 14.9. The molecule has 0 aromatic rings. The van der Waals surface area contributed by atoms with E-state index in [1.54, 1.807) is 33.6 Å². The molecule has 3 heteroatoms. The minimum atomic E-state index is 0. The fraction of sp³-hybridized carbons (Fsp3) is 0.714. The van der Waals surface area contributed by atoms with Gasteiger partial charge in [0.2, 0.25) is 0 Å². The molecule has 0 spiro atoms. The summed E-state index contributed by atoms with van der Waals surface area (Å²) in [6.45, 7) is 7.29. The summed E-state index contributed by atoms with van der Waals surface area (Å²) in [4.78, 5) is 0. The fourth-order valence-electron chi connectivity index (χ4n) is 3.36. The average molecular weight is 351 g/mol. The molecule has 0 saturated heterocycles. The summed E-state index contributed by atoms with van der Waals surface area (Å²) < 4.78 is 1.71. The first kappa shape index (κ1) is 17.9. The van der Waals surface area contributed by atoms with Crippen molar-refractivity contribution in [1.29, 1.82) is 0 Å². The molecule has 2 rings (SSSR count). The third-order valence-electron chi connectivity index (χ3n) is 4.34. The summed E-state index contributed by atoms with van der Waals surface area (Å²) in [5.41, 5.74) is 2.64. The quantitative estimate of drug-likeness (QED) is 0.532. The van der Waals surface area contributed by atoms with E-state index in [9.17, 15) is 0 Å². The van der Waals surface area contributed by atoms with E-state index in [0.29, 0.717) is 10.8 Å². The van der Waals surface area contributed by atoms with Crippen LogP contribution in [0.2, 0.25) is 0 Å². The maximum Gasteiger partial charge on any atom is -1.00 e. The van der Waals surface area contributed by atoms with Gasteiger partial charge in [0.25, 0.3) is 0 Å². The standard InChI is InChI=1S/C14H21.2ClH.Zr/c1-13(2,3)14(10-6-7-11-14)12-8-4-5-9-12;;;/h4,8H,5-7,10-11H2,1-3H3;2*1H;/q;;;+2/p-2. The summed E-state index contributed by atoms with van der Waals surface area (Å²) >= 11 is 1.63. The Morgan fingerprint density at radius 1 is 1.12 bits per heavy atom. The SMILES string of the molecule is CC(C)(C)C1(C2=[C]([Zr+2])CC=C2)CCCC1.[Cl-].[Cl-]. The van der Waals surface area contributed by atoms with Gasteiger partial charge >= 0.3 is 109 Å². The van der Waals surface area contributed by atoms with Crippen molar-refractivity contribution in [2.45, 2.75) is 52.9 Å². The van der Waals surface area contributed by atoms with E-state index in [4.69, 9.17) is 0 Å².